The molecule has 0 atom stereocenters. The second kappa shape index (κ2) is 7.67. The Morgan fingerprint density at radius 2 is 1.88 bits per heavy atom. The van der Waals surface area contributed by atoms with Gasteiger partial charge in [0.1, 0.15) is 5.75 Å². The highest BCUT2D eigenvalue weighted by Crippen LogP contribution is 2.22. The molecule has 0 saturated carbocycles. The van der Waals surface area contributed by atoms with Crippen LogP contribution in [0.1, 0.15) is 11.1 Å². The summed E-state index contributed by atoms with van der Waals surface area (Å²) in [6.45, 7) is 1.72. The van der Waals surface area contributed by atoms with Crippen molar-refractivity contribution in [3.63, 3.8) is 0 Å². The Hall–Kier alpha value is -2.38. The fourth-order valence-corrected chi connectivity index (χ4v) is 3.47. The number of benzene rings is 2. The second-order valence-corrected chi connectivity index (χ2v) is 7.96. The third-order valence-electron chi connectivity index (χ3n) is 3.73. The molecule has 0 fully saturated rings. The lowest BCUT2D eigenvalue weighted by Gasteiger charge is -2.15. The van der Waals surface area contributed by atoms with E-state index in [0.717, 1.165) is 9.87 Å². The number of rotatable bonds is 6. The van der Waals surface area contributed by atoms with Gasteiger partial charge >= 0.3 is 0 Å². The van der Waals surface area contributed by atoms with E-state index in [4.69, 9.17) is 4.74 Å². The second-order valence-electron chi connectivity index (χ2n) is 5.84. The van der Waals surface area contributed by atoms with Gasteiger partial charge in [-0.05, 0) is 42.3 Å². The van der Waals surface area contributed by atoms with Crippen molar-refractivity contribution < 1.29 is 17.9 Å². The average molecular weight is 362 g/mol. The Kier molecular flexibility index (Phi) is 5.81. The van der Waals surface area contributed by atoms with Gasteiger partial charge in [0, 0.05) is 19.8 Å². The van der Waals surface area contributed by atoms with Crippen molar-refractivity contribution in [2.24, 2.45) is 0 Å². The van der Waals surface area contributed by atoms with Gasteiger partial charge in [-0.3, -0.25) is 4.79 Å². The van der Waals surface area contributed by atoms with Crippen LogP contribution in [0.2, 0.25) is 0 Å². The predicted octanol–water partition coefficient (Wildman–Crippen LogP) is 2.44. The molecule has 1 amide bonds. The fraction of sp³-hybridized carbons (Fsp3) is 0.278. The smallest absolute Gasteiger partial charge is 0.242 e. The average Bonchev–Trinajstić information content (AvgIpc) is 2.56. The zero-order valence-electron chi connectivity index (χ0n) is 14.7. The summed E-state index contributed by atoms with van der Waals surface area (Å²) in [7, 11) is 0.949. The molecule has 2 aromatic rings. The lowest BCUT2D eigenvalue weighted by Crippen LogP contribution is -2.23. The number of carbonyl (C=O) groups is 1. The summed E-state index contributed by atoms with van der Waals surface area (Å²) in [5.74, 6) is 0.449. The molecular weight excluding hydrogens is 340 g/mol. The Bertz CT molecular complexity index is 876. The van der Waals surface area contributed by atoms with Crippen molar-refractivity contribution in [2.75, 3.05) is 26.5 Å². The summed E-state index contributed by atoms with van der Waals surface area (Å²) < 4.78 is 31.0. The summed E-state index contributed by atoms with van der Waals surface area (Å²) in [4.78, 5) is 12.4. The number of aryl methyl sites for hydroxylation is 1. The van der Waals surface area contributed by atoms with Gasteiger partial charge in [0.05, 0.1) is 18.4 Å². The third kappa shape index (κ3) is 4.58. The number of anilines is 1. The minimum Gasteiger partial charge on any atom is -0.497 e. The van der Waals surface area contributed by atoms with Crippen molar-refractivity contribution in [3.05, 3.63) is 53.6 Å². The molecule has 6 nitrogen and oxygen atoms in total. The number of nitrogens with zero attached hydrogens (tertiary/aromatic N) is 1. The lowest BCUT2D eigenvalue weighted by molar-refractivity contribution is -0.115. The quantitative estimate of drug-likeness (QED) is 0.856. The molecular formula is C18H22N2O4S. The normalized spacial score (nSPS) is 11.4. The Morgan fingerprint density at radius 1 is 1.16 bits per heavy atom. The molecule has 0 aliphatic carbocycles. The van der Waals surface area contributed by atoms with E-state index in [1.165, 1.54) is 20.2 Å². The number of hydrogen-bond acceptors (Lipinski definition) is 4. The van der Waals surface area contributed by atoms with Crippen LogP contribution in [0, 0.1) is 6.92 Å². The molecule has 1 N–H and O–H groups in total. The van der Waals surface area contributed by atoms with Crippen molar-refractivity contribution in [2.45, 2.75) is 18.2 Å². The van der Waals surface area contributed by atoms with Crippen LogP contribution < -0.4 is 10.1 Å². The predicted molar refractivity (Wildman–Crippen MR) is 97.4 cm³/mol. The molecule has 25 heavy (non-hydrogen) atoms. The van der Waals surface area contributed by atoms with Crippen LogP contribution in [0.15, 0.2) is 47.4 Å². The summed E-state index contributed by atoms with van der Waals surface area (Å²) in [5.41, 5.74) is 1.88. The summed E-state index contributed by atoms with van der Waals surface area (Å²) >= 11 is 0. The first-order valence-electron chi connectivity index (χ1n) is 7.70. The first-order chi connectivity index (χ1) is 11.7. The Labute approximate surface area is 148 Å². The number of sulfonamides is 1. The molecule has 2 rings (SSSR count). The van der Waals surface area contributed by atoms with Crippen molar-refractivity contribution in [1.82, 2.24) is 4.31 Å². The summed E-state index contributed by atoms with van der Waals surface area (Å²) in [5, 5.41) is 2.74. The van der Waals surface area contributed by atoms with Crippen LogP contribution >= 0.6 is 0 Å². The molecule has 0 spiro atoms. The van der Waals surface area contributed by atoms with Gasteiger partial charge in [-0.25, -0.2) is 12.7 Å². The summed E-state index contributed by atoms with van der Waals surface area (Å²) in [6.07, 6.45) is 0.168. The van der Waals surface area contributed by atoms with Gasteiger partial charge in [0.15, 0.2) is 0 Å². The largest absolute Gasteiger partial charge is 0.497 e. The molecule has 134 valence electrons. The minimum atomic E-state index is -3.57. The first kappa shape index (κ1) is 19.0. The van der Waals surface area contributed by atoms with E-state index < -0.39 is 10.0 Å². The summed E-state index contributed by atoms with van der Waals surface area (Å²) in [6, 6.07) is 12.1. The van der Waals surface area contributed by atoms with E-state index in [1.54, 1.807) is 38.3 Å². The van der Waals surface area contributed by atoms with E-state index in [-0.39, 0.29) is 17.2 Å². The monoisotopic (exact) mass is 362 g/mol. The zero-order valence-corrected chi connectivity index (χ0v) is 15.6. The fourth-order valence-electron chi connectivity index (χ4n) is 2.33. The Morgan fingerprint density at radius 3 is 2.52 bits per heavy atom. The number of amides is 1. The number of hydrogen-bond donors (Lipinski definition) is 1. The van der Waals surface area contributed by atoms with E-state index >= 15 is 0 Å². The maximum absolute atomic E-state index is 12.4. The van der Waals surface area contributed by atoms with Gasteiger partial charge in [0.25, 0.3) is 0 Å². The number of ether oxygens (including phenoxy) is 1. The topological polar surface area (TPSA) is 75.7 Å². The molecule has 0 unspecified atom stereocenters. The highest BCUT2D eigenvalue weighted by molar-refractivity contribution is 7.89. The van der Waals surface area contributed by atoms with Crippen LogP contribution in [0.4, 0.5) is 5.69 Å². The molecule has 0 aliphatic heterocycles. The maximum Gasteiger partial charge on any atom is 0.242 e. The molecule has 7 heteroatoms. The van der Waals surface area contributed by atoms with Crippen molar-refractivity contribution >= 4 is 21.6 Å². The molecule has 0 bridgehead atoms. The maximum atomic E-state index is 12.4. The van der Waals surface area contributed by atoms with Gasteiger partial charge in [-0.15, -0.1) is 0 Å². The highest BCUT2D eigenvalue weighted by atomic mass is 32.2. The highest BCUT2D eigenvalue weighted by Gasteiger charge is 2.20. The molecule has 0 radical (unpaired) electrons. The molecule has 2 aromatic carbocycles. The van der Waals surface area contributed by atoms with Crippen molar-refractivity contribution in [3.8, 4) is 5.75 Å². The van der Waals surface area contributed by atoms with E-state index in [0.29, 0.717) is 17.0 Å². The Balaban J connectivity index is 2.19. The van der Waals surface area contributed by atoms with Crippen molar-refractivity contribution in [1.29, 1.82) is 0 Å². The van der Waals surface area contributed by atoms with Gasteiger partial charge < -0.3 is 10.1 Å². The zero-order chi connectivity index (χ0) is 18.6. The standard InChI is InChI=1S/C18H22N2O4S/c1-13-8-9-15(12-17(13)25(22,23)20(2)3)19-18(21)11-14-6-5-7-16(10-14)24-4/h5-10,12H,11H2,1-4H3,(H,19,21). The van der Waals surface area contributed by atoms with Crippen LogP contribution in [-0.4, -0.2) is 39.8 Å². The van der Waals surface area contributed by atoms with Gasteiger partial charge in [-0.1, -0.05) is 18.2 Å². The van der Waals surface area contributed by atoms with E-state index in [1.807, 2.05) is 12.1 Å². The first-order valence-corrected chi connectivity index (χ1v) is 9.14. The molecule has 0 aliphatic rings. The molecule has 0 saturated heterocycles. The van der Waals surface area contributed by atoms with Gasteiger partial charge in [-0.2, -0.15) is 0 Å². The van der Waals surface area contributed by atoms with E-state index in [2.05, 4.69) is 5.32 Å². The van der Waals surface area contributed by atoms with Crippen LogP contribution in [-0.2, 0) is 21.2 Å². The van der Waals surface area contributed by atoms with Crippen LogP contribution in [0.3, 0.4) is 0 Å². The number of nitrogens with one attached hydrogen (secondary N) is 1. The molecule has 0 heterocycles. The molecule has 0 aromatic heterocycles. The SMILES string of the molecule is COc1cccc(CC(=O)Nc2ccc(C)c(S(=O)(=O)N(C)C)c2)c1. The minimum absolute atomic E-state index is 0.168. The lowest BCUT2D eigenvalue weighted by atomic mass is 10.1. The van der Waals surface area contributed by atoms with Crippen LogP contribution in [0.25, 0.3) is 0 Å². The van der Waals surface area contributed by atoms with Crippen LogP contribution in [0.5, 0.6) is 5.75 Å². The third-order valence-corrected chi connectivity index (χ3v) is 5.69. The number of carbonyl (C=O) groups excluding carboxylic acids is 1. The number of methoxy groups -OCH3 is 1. The van der Waals surface area contributed by atoms with Gasteiger partial charge in [0.2, 0.25) is 15.9 Å². The van der Waals surface area contributed by atoms with E-state index in [9.17, 15) is 13.2 Å².